The second kappa shape index (κ2) is 8.44. The Morgan fingerprint density at radius 1 is 1.17 bits per heavy atom. The van der Waals surface area contributed by atoms with Gasteiger partial charge in [-0.1, -0.05) is 10.6 Å². The van der Waals surface area contributed by atoms with Gasteiger partial charge >= 0.3 is 0 Å². The van der Waals surface area contributed by atoms with Crippen LogP contribution in [0, 0.1) is 5.82 Å². The van der Waals surface area contributed by atoms with Crippen molar-refractivity contribution in [2.24, 2.45) is 0 Å². The lowest BCUT2D eigenvalue weighted by Crippen LogP contribution is -2.49. The van der Waals surface area contributed by atoms with Gasteiger partial charge in [0.1, 0.15) is 11.9 Å². The number of anilines is 1. The second-order valence-corrected chi connectivity index (χ2v) is 7.98. The summed E-state index contributed by atoms with van der Waals surface area (Å²) >= 11 is 1.03. The number of carbonyl (C=O) groups excluding carboxylic acids is 2. The van der Waals surface area contributed by atoms with Crippen LogP contribution in [0.1, 0.15) is 42.9 Å². The van der Waals surface area contributed by atoms with E-state index in [-0.39, 0.29) is 5.69 Å². The van der Waals surface area contributed by atoms with E-state index >= 15 is 0 Å². The minimum absolute atomic E-state index is 0.0942. The van der Waals surface area contributed by atoms with Crippen molar-refractivity contribution >= 4 is 29.0 Å². The lowest BCUT2D eigenvalue weighted by atomic mass is 10.0. The molecule has 0 aliphatic heterocycles. The molecule has 0 aliphatic carbocycles. The van der Waals surface area contributed by atoms with E-state index in [2.05, 4.69) is 19.9 Å². The maximum atomic E-state index is 13.5. The van der Waals surface area contributed by atoms with Crippen LogP contribution in [-0.2, 0) is 4.79 Å². The molecule has 3 rings (SSSR count). The second-order valence-electron chi connectivity index (χ2n) is 7.37. The van der Waals surface area contributed by atoms with Crippen molar-refractivity contribution in [3.63, 3.8) is 0 Å². The third kappa shape index (κ3) is 5.00. The van der Waals surface area contributed by atoms with E-state index in [0.717, 1.165) is 11.5 Å². The molecule has 2 aromatic heterocycles. The molecule has 0 fully saturated rings. The van der Waals surface area contributed by atoms with E-state index in [9.17, 15) is 14.0 Å². The monoisotopic (exact) mass is 413 g/mol. The van der Waals surface area contributed by atoms with E-state index < -0.39 is 29.2 Å². The fraction of sp³-hybridized carbons (Fsp3) is 0.250. The highest BCUT2D eigenvalue weighted by Gasteiger charge is 2.35. The van der Waals surface area contributed by atoms with E-state index in [4.69, 9.17) is 0 Å². The molecule has 1 unspecified atom stereocenters. The van der Waals surface area contributed by atoms with E-state index in [1.807, 2.05) is 20.8 Å². The van der Waals surface area contributed by atoms with Crippen molar-refractivity contribution in [2.75, 3.05) is 4.90 Å². The van der Waals surface area contributed by atoms with Gasteiger partial charge in [-0.05, 0) is 62.6 Å². The van der Waals surface area contributed by atoms with Crippen LogP contribution in [-0.4, -0.2) is 31.9 Å². The number of hydrogen-bond donors (Lipinski definition) is 1. The van der Waals surface area contributed by atoms with Crippen LogP contribution in [0.25, 0.3) is 0 Å². The lowest BCUT2D eigenvalue weighted by Gasteiger charge is -2.33. The largest absolute Gasteiger partial charge is 0.349 e. The van der Waals surface area contributed by atoms with Gasteiger partial charge in [0.05, 0.1) is 0 Å². The fourth-order valence-electron chi connectivity index (χ4n) is 2.76. The standard InChI is InChI=1S/C20H20FN5O2S/c1-20(2,3)23-18(27)17(13-5-4-10-22-11-13)26(15-8-6-14(21)7-9-15)19(28)16-12-29-25-24-16/h4-12,17H,1-3H3,(H,23,27). The Balaban J connectivity index is 2.15. The summed E-state index contributed by atoms with van der Waals surface area (Å²) in [7, 11) is 0. The minimum Gasteiger partial charge on any atom is -0.349 e. The van der Waals surface area contributed by atoms with Crippen LogP contribution >= 0.6 is 11.5 Å². The number of rotatable bonds is 5. The molecular weight excluding hydrogens is 393 g/mol. The molecule has 2 amide bonds. The van der Waals surface area contributed by atoms with Gasteiger partial charge in [-0.25, -0.2) is 4.39 Å². The first-order chi connectivity index (χ1) is 13.8. The lowest BCUT2D eigenvalue weighted by molar-refractivity contribution is -0.123. The maximum Gasteiger partial charge on any atom is 0.280 e. The Hall–Kier alpha value is -3.20. The Labute approximate surface area is 171 Å². The highest BCUT2D eigenvalue weighted by molar-refractivity contribution is 7.03. The van der Waals surface area contributed by atoms with Crippen molar-refractivity contribution in [1.29, 1.82) is 0 Å². The zero-order chi connectivity index (χ0) is 21.0. The summed E-state index contributed by atoms with van der Waals surface area (Å²) < 4.78 is 17.3. The quantitative estimate of drug-likeness (QED) is 0.693. The van der Waals surface area contributed by atoms with Crippen LogP contribution < -0.4 is 10.2 Å². The van der Waals surface area contributed by atoms with Gasteiger partial charge in [-0.2, -0.15) is 0 Å². The fourth-order valence-corrected chi connectivity index (χ4v) is 3.19. The van der Waals surface area contributed by atoms with Gasteiger partial charge in [0.15, 0.2) is 5.69 Å². The molecule has 2 heterocycles. The Morgan fingerprint density at radius 2 is 1.90 bits per heavy atom. The number of carbonyl (C=O) groups is 2. The molecule has 9 heteroatoms. The van der Waals surface area contributed by atoms with Crippen molar-refractivity contribution < 1.29 is 14.0 Å². The smallest absolute Gasteiger partial charge is 0.280 e. The number of pyridine rings is 1. The van der Waals surface area contributed by atoms with Crippen LogP contribution in [0.3, 0.4) is 0 Å². The maximum absolute atomic E-state index is 13.5. The molecule has 1 aromatic carbocycles. The molecular formula is C20H20FN5O2S. The average Bonchev–Trinajstić information content (AvgIpc) is 3.20. The number of amides is 2. The van der Waals surface area contributed by atoms with Gasteiger partial charge < -0.3 is 5.32 Å². The number of hydrogen-bond acceptors (Lipinski definition) is 6. The van der Waals surface area contributed by atoms with E-state index in [1.165, 1.54) is 40.7 Å². The molecule has 150 valence electrons. The summed E-state index contributed by atoms with van der Waals surface area (Å²) in [6.07, 6.45) is 3.10. The molecule has 29 heavy (non-hydrogen) atoms. The summed E-state index contributed by atoms with van der Waals surface area (Å²) in [6.45, 7) is 5.54. The first-order valence-electron chi connectivity index (χ1n) is 8.84. The Kier molecular flexibility index (Phi) is 5.97. The topological polar surface area (TPSA) is 88.1 Å². The van der Waals surface area contributed by atoms with Crippen LogP contribution in [0.15, 0.2) is 54.2 Å². The molecule has 0 saturated carbocycles. The summed E-state index contributed by atoms with van der Waals surface area (Å²) in [6, 6.07) is 7.71. The van der Waals surface area contributed by atoms with Gasteiger partial charge in [-0.15, -0.1) is 5.10 Å². The van der Waals surface area contributed by atoms with Crippen LogP contribution in [0.5, 0.6) is 0 Å². The van der Waals surface area contributed by atoms with Crippen molar-refractivity contribution in [2.45, 2.75) is 32.4 Å². The summed E-state index contributed by atoms with van der Waals surface area (Å²) in [5, 5.41) is 8.26. The summed E-state index contributed by atoms with van der Waals surface area (Å²) in [5.41, 5.74) is 0.422. The number of halogens is 1. The van der Waals surface area contributed by atoms with Crippen LogP contribution in [0.4, 0.5) is 10.1 Å². The first-order valence-corrected chi connectivity index (χ1v) is 9.68. The van der Waals surface area contributed by atoms with Gasteiger partial charge in [-0.3, -0.25) is 19.5 Å². The number of nitrogens with zero attached hydrogens (tertiary/aromatic N) is 4. The molecule has 1 atom stereocenters. The molecule has 1 N–H and O–H groups in total. The molecule has 3 aromatic rings. The number of nitrogens with one attached hydrogen (secondary N) is 1. The van der Waals surface area contributed by atoms with Crippen molar-refractivity contribution in [3.8, 4) is 0 Å². The summed E-state index contributed by atoms with van der Waals surface area (Å²) in [4.78, 5) is 32.0. The summed E-state index contributed by atoms with van der Waals surface area (Å²) in [5.74, 6) is -1.37. The molecule has 7 nitrogen and oxygen atoms in total. The SMILES string of the molecule is CC(C)(C)NC(=O)C(c1cccnc1)N(C(=O)c1csnn1)c1ccc(F)cc1. The normalized spacial score (nSPS) is 12.3. The van der Waals surface area contributed by atoms with Crippen molar-refractivity contribution in [3.05, 3.63) is 71.2 Å². The first kappa shape index (κ1) is 20.5. The molecule has 0 spiro atoms. The third-order valence-corrected chi connectivity index (χ3v) is 4.41. The zero-order valence-corrected chi connectivity index (χ0v) is 17.0. The van der Waals surface area contributed by atoms with E-state index in [0.29, 0.717) is 11.3 Å². The minimum atomic E-state index is -1.04. The van der Waals surface area contributed by atoms with Gasteiger partial charge in [0.2, 0.25) is 5.91 Å². The van der Waals surface area contributed by atoms with Crippen molar-refractivity contribution in [1.82, 2.24) is 19.9 Å². The Morgan fingerprint density at radius 3 is 2.45 bits per heavy atom. The average molecular weight is 413 g/mol. The predicted octanol–water partition coefficient (Wildman–Crippen LogP) is 3.38. The highest BCUT2D eigenvalue weighted by atomic mass is 32.1. The molecule has 0 radical (unpaired) electrons. The molecule has 0 saturated heterocycles. The molecule has 0 aliphatic rings. The molecule has 0 bridgehead atoms. The van der Waals surface area contributed by atoms with E-state index in [1.54, 1.807) is 18.3 Å². The highest BCUT2D eigenvalue weighted by Crippen LogP contribution is 2.30. The van der Waals surface area contributed by atoms with Gasteiger partial charge in [0.25, 0.3) is 5.91 Å². The third-order valence-electron chi connectivity index (χ3n) is 3.91. The predicted molar refractivity (Wildman–Crippen MR) is 108 cm³/mol. The number of benzene rings is 1. The van der Waals surface area contributed by atoms with Crippen LogP contribution in [0.2, 0.25) is 0 Å². The zero-order valence-electron chi connectivity index (χ0n) is 16.2. The number of aromatic nitrogens is 3. The van der Waals surface area contributed by atoms with Gasteiger partial charge in [0, 0.05) is 34.6 Å². The Bertz CT molecular complexity index is 972.